The van der Waals surface area contributed by atoms with Crippen molar-refractivity contribution in [1.29, 1.82) is 0 Å². The molecule has 3 N–H and O–H groups in total. The van der Waals surface area contributed by atoms with E-state index in [4.69, 9.17) is 11.6 Å². The van der Waals surface area contributed by atoms with Crippen molar-refractivity contribution in [3.63, 3.8) is 0 Å². The minimum absolute atomic E-state index is 0.122. The van der Waals surface area contributed by atoms with Gasteiger partial charge in [-0.1, -0.05) is 17.7 Å². The molecule has 1 aromatic rings. The summed E-state index contributed by atoms with van der Waals surface area (Å²) in [6.07, 6.45) is 1.54. The molecule has 1 heterocycles. The van der Waals surface area contributed by atoms with E-state index < -0.39 is 0 Å². The number of fused-ring (bicyclic) bond motifs is 1. The molecule has 0 aliphatic carbocycles. The monoisotopic (exact) mass is 365 g/mol. The summed E-state index contributed by atoms with van der Waals surface area (Å²) in [6, 6.07) is 5.39. The Labute approximate surface area is 153 Å². The van der Waals surface area contributed by atoms with Gasteiger partial charge in [0.15, 0.2) is 0 Å². The molecular formula is C17H24ClN5O2. The van der Waals surface area contributed by atoms with Crippen LogP contribution in [0.4, 0.5) is 5.69 Å². The van der Waals surface area contributed by atoms with Gasteiger partial charge in [-0.15, -0.1) is 0 Å². The Bertz CT molecular complexity index is 692. The number of amides is 2. The van der Waals surface area contributed by atoms with Gasteiger partial charge in [-0.25, -0.2) is 0 Å². The maximum absolute atomic E-state index is 12.7. The van der Waals surface area contributed by atoms with E-state index in [1.54, 1.807) is 32.1 Å². The van der Waals surface area contributed by atoms with Crippen LogP contribution in [0.1, 0.15) is 10.4 Å². The molecule has 136 valence electrons. The molecule has 0 saturated heterocycles. The van der Waals surface area contributed by atoms with Crippen LogP contribution >= 0.6 is 11.6 Å². The van der Waals surface area contributed by atoms with Crippen molar-refractivity contribution in [1.82, 2.24) is 20.9 Å². The van der Waals surface area contributed by atoms with Crippen LogP contribution in [0.2, 0.25) is 5.02 Å². The summed E-state index contributed by atoms with van der Waals surface area (Å²) in [6.45, 7) is 0.633. The highest BCUT2D eigenvalue weighted by molar-refractivity contribution is 6.34. The van der Waals surface area contributed by atoms with E-state index in [2.05, 4.69) is 16.0 Å². The molecule has 25 heavy (non-hydrogen) atoms. The first-order chi connectivity index (χ1) is 11.9. The highest BCUT2D eigenvalue weighted by Crippen LogP contribution is 2.32. The summed E-state index contributed by atoms with van der Waals surface area (Å²) in [5, 5.41) is 9.16. The quantitative estimate of drug-likeness (QED) is 0.667. The molecule has 1 aromatic carbocycles. The van der Waals surface area contributed by atoms with E-state index in [9.17, 15) is 9.59 Å². The number of carbonyl (C=O) groups excluding carboxylic acids is 2. The minimum Gasteiger partial charge on any atom is -0.346 e. The molecule has 0 spiro atoms. The predicted molar refractivity (Wildman–Crippen MR) is 99.8 cm³/mol. The molecule has 8 heteroatoms. The van der Waals surface area contributed by atoms with Crippen LogP contribution in [-0.2, 0) is 4.79 Å². The lowest BCUT2D eigenvalue weighted by Gasteiger charge is -2.25. The third-order valence-corrected chi connectivity index (χ3v) is 4.38. The van der Waals surface area contributed by atoms with Crippen LogP contribution in [-0.4, -0.2) is 64.2 Å². The zero-order valence-electron chi connectivity index (χ0n) is 14.9. The zero-order valence-corrected chi connectivity index (χ0v) is 15.6. The van der Waals surface area contributed by atoms with E-state index in [0.29, 0.717) is 17.1 Å². The van der Waals surface area contributed by atoms with Gasteiger partial charge in [0, 0.05) is 19.8 Å². The maximum atomic E-state index is 12.7. The largest absolute Gasteiger partial charge is 0.346 e. The fraction of sp³-hybridized carbons (Fsp3) is 0.412. The van der Waals surface area contributed by atoms with Gasteiger partial charge in [0.25, 0.3) is 5.91 Å². The molecule has 0 fully saturated rings. The Balaban J connectivity index is 2.38. The van der Waals surface area contributed by atoms with Crippen LogP contribution in [0.15, 0.2) is 30.0 Å². The van der Waals surface area contributed by atoms with Crippen molar-refractivity contribution in [3.8, 4) is 0 Å². The van der Waals surface area contributed by atoms with Crippen molar-refractivity contribution >= 4 is 29.1 Å². The lowest BCUT2D eigenvalue weighted by Crippen LogP contribution is -2.46. The van der Waals surface area contributed by atoms with E-state index in [1.165, 1.54) is 0 Å². The standard InChI is InChI=1S/C17H24ClN5O2/c1-19-9-15(24)21-14(20-2)8-11-10-22(3)17(25)16-12(18)6-5-7-13(16)23(11)4/h5-8,14,19-20H,9-10H2,1-4H3,(H,21,24)/b11-8+. The van der Waals surface area contributed by atoms with E-state index in [0.717, 1.165) is 11.4 Å². The van der Waals surface area contributed by atoms with Gasteiger partial charge in [0.05, 0.1) is 29.4 Å². The Hall–Kier alpha value is -2.09. The van der Waals surface area contributed by atoms with Gasteiger partial charge in [0.2, 0.25) is 5.91 Å². The molecule has 1 atom stereocenters. The van der Waals surface area contributed by atoms with Crippen LogP contribution in [0.25, 0.3) is 0 Å². The van der Waals surface area contributed by atoms with Crippen LogP contribution in [0.5, 0.6) is 0 Å². The number of benzene rings is 1. The van der Waals surface area contributed by atoms with Crippen molar-refractivity contribution in [2.75, 3.05) is 46.2 Å². The third kappa shape index (κ3) is 4.31. The second-order valence-electron chi connectivity index (χ2n) is 5.88. The first-order valence-electron chi connectivity index (χ1n) is 7.98. The summed E-state index contributed by atoms with van der Waals surface area (Å²) in [7, 11) is 7.09. The molecule has 0 radical (unpaired) electrons. The molecular weight excluding hydrogens is 342 g/mol. The smallest absolute Gasteiger partial charge is 0.257 e. The topological polar surface area (TPSA) is 76.7 Å². The summed E-state index contributed by atoms with van der Waals surface area (Å²) >= 11 is 6.25. The Morgan fingerprint density at radius 3 is 2.72 bits per heavy atom. The van der Waals surface area contributed by atoms with Gasteiger partial charge in [0.1, 0.15) is 6.17 Å². The molecule has 0 bridgehead atoms. The molecule has 0 aromatic heterocycles. The number of nitrogens with zero attached hydrogens (tertiary/aromatic N) is 2. The highest BCUT2D eigenvalue weighted by atomic mass is 35.5. The molecule has 1 aliphatic heterocycles. The first-order valence-corrected chi connectivity index (χ1v) is 8.36. The van der Waals surface area contributed by atoms with Gasteiger partial charge in [-0.3, -0.25) is 14.9 Å². The van der Waals surface area contributed by atoms with Crippen molar-refractivity contribution in [2.45, 2.75) is 6.17 Å². The fourth-order valence-corrected chi connectivity index (χ4v) is 2.96. The third-order valence-electron chi connectivity index (χ3n) is 4.07. The number of hydrogen-bond donors (Lipinski definition) is 3. The Morgan fingerprint density at radius 2 is 2.08 bits per heavy atom. The molecule has 1 unspecified atom stereocenters. The van der Waals surface area contributed by atoms with Crippen LogP contribution < -0.4 is 20.9 Å². The number of anilines is 1. The zero-order chi connectivity index (χ0) is 18.6. The van der Waals surface area contributed by atoms with Crippen molar-refractivity contribution in [3.05, 3.63) is 40.6 Å². The van der Waals surface area contributed by atoms with Gasteiger partial charge in [-0.2, -0.15) is 0 Å². The Kier molecular flexibility index (Phi) is 6.41. The van der Waals surface area contributed by atoms with Crippen LogP contribution in [0, 0.1) is 0 Å². The van der Waals surface area contributed by atoms with Crippen LogP contribution in [0.3, 0.4) is 0 Å². The van der Waals surface area contributed by atoms with E-state index >= 15 is 0 Å². The summed E-state index contributed by atoms with van der Waals surface area (Å²) in [5.41, 5.74) is 2.10. The normalized spacial score (nSPS) is 17.3. The lowest BCUT2D eigenvalue weighted by molar-refractivity contribution is -0.120. The molecule has 1 aliphatic rings. The summed E-state index contributed by atoms with van der Waals surface area (Å²) in [5.74, 6) is -0.251. The molecule has 2 rings (SSSR count). The van der Waals surface area contributed by atoms with Gasteiger partial charge in [-0.05, 0) is 32.3 Å². The number of rotatable bonds is 5. The second kappa shape index (κ2) is 8.33. The SMILES string of the molecule is CNCC(=O)NC(/C=C1\CN(C)C(=O)c2c(Cl)cccc2N1C)NC. The van der Waals surface area contributed by atoms with E-state index in [-0.39, 0.29) is 24.5 Å². The molecule has 0 saturated carbocycles. The maximum Gasteiger partial charge on any atom is 0.257 e. The van der Waals surface area contributed by atoms with Crippen molar-refractivity contribution in [2.24, 2.45) is 0 Å². The number of hydrogen-bond acceptors (Lipinski definition) is 5. The van der Waals surface area contributed by atoms with Gasteiger partial charge >= 0.3 is 0 Å². The highest BCUT2D eigenvalue weighted by Gasteiger charge is 2.28. The predicted octanol–water partition coefficient (Wildman–Crippen LogP) is 0.627. The summed E-state index contributed by atoms with van der Waals surface area (Å²) in [4.78, 5) is 28.0. The van der Waals surface area contributed by atoms with Crippen molar-refractivity contribution < 1.29 is 9.59 Å². The van der Waals surface area contributed by atoms with E-state index in [1.807, 2.05) is 30.2 Å². The average Bonchev–Trinajstić information content (AvgIpc) is 2.66. The number of carbonyl (C=O) groups is 2. The molecule has 2 amide bonds. The first kappa shape index (κ1) is 19.2. The minimum atomic E-state index is -0.359. The average molecular weight is 366 g/mol. The number of likely N-dealkylation sites (N-methyl/N-ethyl adjacent to an activating group) is 4. The molecule has 7 nitrogen and oxygen atoms in total. The number of nitrogens with one attached hydrogen (secondary N) is 3. The number of halogens is 1. The van der Waals surface area contributed by atoms with Gasteiger partial charge < -0.3 is 20.4 Å². The fourth-order valence-electron chi connectivity index (χ4n) is 2.71. The summed E-state index contributed by atoms with van der Waals surface area (Å²) < 4.78 is 0. The second-order valence-corrected chi connectivity index (χ2v) is 6.28. The lowest BCUT2D eigenvalue weighted by atomic mass is 10.1. The Morgan fingerprint density at radius 1 is 1.36 bits per heavy atom.